The molecule has 2 N–H and O–H groups in total. The first-order valence-electron chi connectivity index (χ1n) is 10.7. The Balaban J connectivity index is 1.42. The SMILES string of the molecule is OC(COc1ccc(Cl)cc1CNCCCn1cccn1)CN1CCCCCC1. The van der Waals surface area contributed by atoms with Gasteiger partial charge >= 0.3 is 0 Å². The predicted octanol–water partition coefficient (Wildman–Crippen LogP) is 3.33. The standard InChI is InChI=1S/C22H33ClN4O2/c23-20-7-8-22(29-18-21(28)17-26-11-3-1-2-4-12-26)19(15-20)16-24-9-5-13-27-14-6-10-25-27/h6-8,10,14-15,21,24,28H,1-5,9,11-13,16-18H2. The van der Waals surface area contributed by atoms with Crippen molar-refractivity contribution in [1.82, 2.24) is 20.0 Å². The lowest BCUT2D eigenvalue weighted by Crippen LogP contribution is -2.36. The Hall–Kier alpha value is -1.60. The van der Waals surface area contributed by atoms with E-state index in [9.17, 15) is 5.11 Å². The average molecular weight is 421 g/mol. The molecule has 1 saturated heterocycles. The van der Waals surface area contributed by atoms with Crippen molar-refractivity contribution in [3.05, 3.63) is 47.2 Å². The molecule has 6 nitrogen and oxygen atoms in total. The summed E-state index contributed by atoms with van der Waals surface area (Å²) >= 11 is 6.18. The van der Waals surface area contributed by atoms with Crippen molar-refractivity contribution in [3.63, 3.8) is 0 Å². The van der Waals surface area contributed by atoms with Gasteiger partial charge in [-0.3, -0.25) is 4.68 Å². The minimum Gasteiger partial charge on any atom is -0.491 e. The van der Waals surface area contributed by atoms with E-state index in [1.54, 1.807) is 6.20 Å². The first kappa shape index (κ1) is 22.1. The van der Waals surface area contributed by atoms with Crippen LogP contribution >= 0.6 is 11.6 Å². The van der Waals surface area contributed by atoms with Crippen molar-refractivity contribution in [2.45, 2.75) is 51.3 Å². The Morgan fingerprint density at radius 1 is 1.21 bits per heavy atom. The second-order valence-electron chi connectivity index (χ2n) is 7.73. The van der Waals surface area contributed by atoms with Crippen LogP contribution in [-0.4, -0.2) is 58.7 Å². The van der Waals surface area contributed by atoms with Gasteiger partial charge in [-0.05, 0) is 63.2 Å². The van der Waals surface area contributed by atoms with Crippen molar-refractivity contribution < 1.29 is 9.84 Å². The van der Waals surface area contributed by atoms with Crippen LogP contribution in [0.5, 0.6) is 5.75 Å². The molecule has 3 rings (SSSR count). The number of aromatic nitrogens is 2. The summed E-state index contributed by atoms with van der Waals surface area (Å²) in [6.07, 6.45) is 9.32. The molecule has 2 heterocycles. The molecular formula is C22H33ClN4O2. The van der Waals surface area contributed by atoms with Crippen molar-refractivity contribution in [1.29, 1.82) is 0 Å². The zero-order valence-electron chi connectivity index (χ0n) is 17.1. The summed E-state index contributed by atoms with van der Waals surface area (Å²) < 4.78 is 7.89. The van der Waals surface area contributed by atoms with Crippen molar-refractivity contribution in [2.24, 2.45) is 0 Å². The number of rotatable bonds is 11. The van der Waals surface area contributed by atoms with Crippen LogP contribution in [0.15, 0.2) is 36.7 Å². The normalized spacial score (nSPS) is 16.5. The van der Waals surface area contributed by atoms with Crippen LogP contribution in [0.2, 0.25) is 5.02 Å². The highest BCUT2D eigenvalue weighted by atomic mass is 35.5. The van der Waals surface area contributed by atoms with Gasteiger partial charge in [0.15, 0.2) is 0 Å². The van der Waals surface area contributed by atoms with Crippen LogP contribution in [0.3, 0.4) is 0 Å². The molecule has 29 heavy (non-hydrogen) atoms. The molecule has 1 atom stereocenters. The summed E-state index contributed by atoms with van der Waals surface area (Å²) in [5.74, 6) is 0.781. The lowest BCUT2D eigenvalue weighted by Gasteiger charge is -2.23. The van der Waals surface area contributed by atoms with E-state index in [4.69, 9.17) is 16.3 Å². The molecule has 1 aromatic carbocycles. The number of hydrogen-bond donors (Lipinski definition) is 2. The number of nitrogens with zero attached hydrogens (tertiary/aromatic N) is 3. The van der Waals surface area contributed by atoms with Crippen molar-refractivity contribution in [2.75, 3.05) is 32.8 Å². The number of ether oxygens (including phenoxy) is 1. The van der Waals surface area contributed by atoms with Crippen LogP contribution < -0.4 is 10.1 Å². The highest BCUT2D eigenvalue weighted by molar-refractivity contribution is 6.30. The molecule has 1 fully saturated rings. The van der Waals surface area contributed by atoms with Gasteiger partial charge in [-0.2, -0.15) is 5.10 Å². The highest BCUT2D eigenvalue weighted by Crippen LogP contribution is 2.23. The monoisotopic (exact) mass is 420 g/mol. The smallest absolute Gasteiger partial charge is 0.124 e. The van der Waals surface area contributed by atoms with Gasteiger partial charge in [-0.1, -0.05) is 24.4 Å². The summed E-state index contributed by atoms with van der Waals surface area (Å²) in [5.41, 5.74) is 1.01. The summed E-state index contributed by atoms with van der Waals surface area (Å²) in [7, 11) is 0. The lowest BCUT2D eigenvalue weighted by atomic mass is 10.2. The Morgan fingerprint density at radius 2 is 2.03 bits per heavy atom. The second-order valence-corrected chi connectivity index (χ2v) is 8.17. The Kier molecular flexibility index (Phi) is 9.28. The van der Waals surface area contributed by atoms with Crippen LogP contribution in [-0.2, 0) is 13.1 Å². The third kappa shape index (κ3) is 7.97. The van der Waals surface area contributed by atoms with E-state index >= 15 is 0 Å². The number of likely N-dealkylation sites (tertiary alicyclic amines) is 1. The Morgan fingerprint density at radius 3 is 2.79 bits per heavy atom. The summed E-state index contributed by atoms with van der Waals surface area (Å²) in [6, 6.07) is 7.59. The topological polar surface area (TPSA) is 62.6 Å². The number of aliphatic hydroxyl groups excluding tert-OH is 1. The van der Waals surface area contributed by atoms with Gasteiger partial charge in [0.2, 0.25) is 0 Å². The zero-order valence-corrected chi connectivity index (χ0v) is 17.9. The van der Waals surface area contributed by atoms with Gasteiger partial charge in [0.05, 0.1) is 0 Å². The molecule has 0 spiro atoms. The molecular weight excluding hydrogens is 388 g/mol. The molecule has 7 heteroatoms. The first-order valence-corrected chi connectivity index (χ1v) is 11.1. The molecule has 2 aromatic rings. The number of aliphatic hydroxyl groups is 1. The third-order valence-electron chi connectivity index (χ3n) is 5.24. The quantitative estimate of drug-likeness (QED) is 0.546. The van der Waals surface area contributed by atoms with Crippen LogP contribution in [0.4, 0.5) is 0 Å². The molecule has 160 valence electrons. The van der Waals surface area contributed by atoms with E-state index in [1.165, 1.54) is 25.7 Å². The van der Waals surface area contributed by atoms with Gasteiger partial charge in [-0.15, -0.1) is 0 Å². The third-order valence-corrected chi connectivity index (χ3v) is 5.47. The van der Waals surface area contributed by atoms with Gasteiger partial charge in [0.25, 0.3) is 0 Å². The van der Waals surface area contributed by atoms with E-state index in [-0.39, 0.29) is 0 Å². The van der Waals surface area contributed by atoms with Crippen molar-refractivity contribution in [3.8, 4) is 5.75 Å². The number of β-amino-alcohol motifs (C(OH)–C–C–N with tert-alkyl or cyclic N) is 1. The van der Waals surface area contributed by atoms with E-state index in [0.717, 1.165) is 43.9 Å². The van der Waals surface area contributed by atoms with E-state index in [1.807, 2.05) is 35.1 Å². The van der Waals surface area contributed by atoms with Crippen molar-refractivity contribution >= 4 is 11.6 Å². The number of benzene rings is 1. The Labute approximate surface area is 178 Å². The second kappa shape index (κ2) is 12.2. The molecule has 0 radical (unpaired) electrons. The Bertz CT molecular complexity index is 703. The lowest BCUT2D eigenvalue weighted by molar-refractivity contribution is 0.0690. The fourth-order valence-electron chi connectivity index (χ4n) is 3.70. The molecule has 1 aromatic heterocycles. The van der Waals surface area contributed by atoms with E-state index < -0.39 is 6.10 Å². The fourth-order valence-corrected chi connectivity index (χ4v) is 3.90. The molecule has 1 aliphatic heterocycles. The largest absolute Gasteiger partial charge is 0.491 e. The number of halogens is 1. The van der Waals surface area contributed by atoms with Gasteiger partial charge in [0, 0.05) is 42.6 Å². The van der Waals surface area contributed by atoms with Crippen LogP contribution in [0, 0.1) is 0 Å². The van der Waals surface area contributed by atoms with Crippen LogP contribution in [0.1, 0.15) is 37.7 Å². The maximum Gasteiger partial charge on any atom is 0.124 e. The van der Waals surface area contributed by atoms with Gasteiger partial charge in [0.1, 0.15) is 18.5 Å². The molecule has 0 amide bonds. The predicted molar refractivity (Wildman–Crippen MR) is 116 cm³/mol. The molecule has 0 saturated carbocycles. The average Bonchev–Trinajstić information content (AvgIpc) is 3.10. The minimum absolute atomic E-state index is 0.296. The maximum atomic E-state index is 10.4. The first-order chi connectivity index (χ1) is 14.2. The summed E-state index contributed by atoms with van der Waals surface area (Å²) in [5, 5.41) is 18.8. The van der Waals surface area contributed by atoms with E-state index in [0.29, 0.717) is 24.7 Å². The molecule has 1 unspecified atom stereocenters. The molecule has 0 aliphatic carbocycles. The number of aryl methyl sites for hydroxylation is 1. The highest BCUT2D eigenvalue weighted by Gasteiger charge is 2.15. The number of nitrogens with one attached hydrogen (secondary N) is 1. The van der Waals surface area contributed by atoms with Crippen LogP contribution in [0.25, 0.3) is 0 Å². The molecule has 1 aliphatic rings. The van der Waals surface area contributed by atoms with Gasteiger partial charge < -0.3 is 20.1 Å². The minimum atomic E-state index is -0.487. The van der Waals surface area contributed by atoms with E-state index in [2.05, 4.69) is 15.3 Å². The summed E-state index contributed by atoms with van der Waals surface area (Å²) in [6.45, 7) is 5.57. The number of hydrogen-bond acceptors (Lipinski definition) is 5. The van der Waals surface area contributed by atoms with Gasteiger partial charge in [-0.25, -0.2) is 0 Å². The molecule has 0 bridgehead atoms. The fraction of sp³-hybridized carbons (Fsp3) is 0.591. The maximum absolute atomic E-state index is 10.4. The zero-order chi connectivity index (χ0) is 20.3. The summed E-state index contributed by atoms with van der Waals surface area (Å²) in [4.78, 5) is 2.35.